The first-order chi connectivity index (χ1) is 13.0. The second-order valence-corrected chi connectivity index (χ2v) is 5.79. The summed E-state index contributed by atoms with van der Waals surface area (Å²) in [6, 6.07) is 15.9. The normalized spacial score (nSPS) is 10.8. The number of carbonyl (C=O) groups excluding carboxylic acids is 2. The lowest BCUT2D eigenvalue weighted by molar-refractivity contribution is -0.119. The van der Waals surface area contributed by atoms with Crippen molar-refractivity contribution in [1.29, 1.82) is 0 Å². The predicted molar refractivity (Wildman–Crippen MR) is 98.0 cm³/mol. The molecule has 0 aliphatic rings. The van der Waals surface area contributed by atoms with E-state index in [2.05, 4.69) is 5.32 Å². The molecule has 0 radical (unpaired) electrons. The number of alkyl halides is 2. The molecule has 0 unspecified atom stereocenters. The maximum absolute atomic E-state index is 13.4. The predicted octanol–water partition coefficient (Wildman–Crippen LogP) is 3.89. The molecule has 138 valence electrons. The van der Waals surface area contributed by atoms with Gasteiger partial charge in [0.1, 0.15) is 5.75 Å². The number of benzene rings is 3. The molecule has 0 fully saturated rings. The molecule has 0 heterocycles. The number of nitrogens with one attached hydrogen (secondary N) is 1. The summed E-state index contributed by atoms with van der Waals surface area (Å²) in [7, 11) is 0. The van der Waals surface area contributed by atoms with E-state index in [1.807, 2.05) is 0 Å². The number of rotatable bonds is 6. The highest BCUT2D eigenvalue weighted by Gasteiger charge is 2.21. The Morgan fingerprint density at radius 1 is 1.00 bits per heavy atom. The summed E-state index contributed by atoms with van der Waals surface area (Å²) in [5, 5.41) is 3.77. The quantitative estimate of drug-likeness (QED) is 0.691. The standard InChI is InChI=1S/C20H16F2N2O3/c21-19(22)16-10-5-12-3-1-2-4-15(12)18(16)20(26)24-13-6-8-14(9-7-13)27-11-17(23)25/h1-10,19H,11H2,(H2,23,25)(H,24,26). The molecule has 0 saturated carbocycles. The summed E-state index contributed by atoms with van der Waals surface area (Å²) in [4.78, 5) is 23.4. The number of anilines is 1. The van der Waals surface area contributed by atoms with Gasteiger partial charge < -0.3 is 15.8 Å². The maximum Gasteiger partial charge on any atom is 0.264 e. The number of fused-ring (bicyclic) bond motifs is 1. The minimum atomic E-state index is -2.78. The fourth-order valence-corrected chi connectivity index (χ4v) is 2.71. The van der Waals surface area contributed by atoms with Crippen LogP contribution in [0.25, 0.3) is 10.8 Å². The third-order valence-corrected chi connectivity index (χ3v) is 3.92. The van der Waals surface area contributed by atoms with Crippen LogP contribution in [0.1, 0.15) is 22.3 Å². The second-order valence-electron chi connectivity index (χ2n) is 5.79. The van der Waals surface area contributed by atoms with Gasteiger partial charge in [0.25, 0.3) is 18.2 Å². The Bertz CT molecular complexity index is 988. The summed E-state index contributed by atoms with van der Waals surface area (Å²) in [6.07, 6.45) is -2.78. The molecule has 3 aromatic rings. The third-order valence-electron chi connectivity index (χ3n) is 3.92. The van der Waals surface area contributed by atoms with E-state index >= 15 is 0 Å². The lowest BCUT2D eigenvalue weighted by Gasteiger charge is -2.13. The zero-order valence-electron chi connectivity index (χ0n) is 14.1. The first-order valence-corrected chi connectivity index (χ1v) is 8.08. The van der Waals surface area contributed by atoms with Gasteiger partial charge in [0.15, 0.2) is 6.61 Å². The summed E-state index contributed by atoms with van der Waals surface area (Å²) >= 11 is 0. The highest BCUT2D eigenvalue weighted by molar-refractivity contribution is 6.14. The van der Waals surface area contributed by atoms with Crippen LogP contribution in [0.3, 0.4) is 0 Å². The van der Waals surface area contributed by atoms with Crippen LogP contribution in [0.2, 0.25) is 0 Å². The molecule has 0 spiro atoms. The Morgan fingerprint density at radius 2 is 1.70 bits per heavy atom. The second kappa shape index (κ2) is 7.82. The highest BCUT2D eigenvalue weighted by atomic mass is 19.3. The van der Waals surface area contributed by atoms with Gasteiger partial charge in [0.05, 0.1) is 5.56 Å². The topological polar surface area (TPSA) is 81.4 Å². The largest absolute Gasteiger partial charge is 0.484 e. The molecule has 0 atom stereocenters. The van der Waals surface area contributed by atoms with Gasteiger partial charge in [-0.05, 0) is 35.0 Å². The third kappa shape index (κ3) is 4.20. The number of halogens is 2. The zero-order chi connectivity index (χ0) is 19.4. The Balaban J connectivity index is 1.88. The van der Waals surface area contributed by atoms with Crippen LogP contribution in [-0.4, -0.2) is 18.4 Å². The van der Waals surface area contributed by atoms with E-state index in [0.29, 0.717) is 22.2 Å². The first kappa shape index (κ1) is 18.3. The molecule has 0 aliphatic carbocycles. The lowest BCUT2D eigenvalue weighted by Crippen LogP contribution is -2.20. The molecule has 3 aromatic carbocycles. The van der Waals surface area contributed by atoms with E-state index in [1.54, 1.807) is 42.5 Å². The van der Waals surface area contributed by atoms with Gasteiger partial charge >= 0.3 is 0 Å². The van der Waals surface area contributed by atoms with Crippen molar-refractivity contribution in [1.82, 2.24) is 0 Å². The van der Waals surface area contributed by atoms with Gasteiger partial charge in [-0.2, -0.15) is 0 Å². The van der Waals surface area contributed by atoms with Crippen LogP contribution in [-0.2, 0) is 4.79 Å². The van der Waals surface area contributed by atoms with Gasteiger partial charge in [-0.1, -0.05) is 36.4 Å². The first-order valence-electron chi connectivity index (χ1n) is 8.08. The number of hydrogen-bond donors (Lipinski definition) is 2. The SMILES string of the molecule is NC(=O)COc1ccc(NC(=O)c2c(C(F)F)ccc3ccccc23)cc1. The number of carbonyl (C=O) groups is 2. The molecular formula is C20H16F2N2O3. The maximum atomic E-state index is 13.4. The zero-order valence-corrected chi connectivity index (χ0v) is 14.1. The molecule has 0 bridgehead atoms. The van der Waals surface area contributed by atoms with Gasteiger partial charge in [-0.25, -0.2) is 8.78 Å². The molecule has 27 heavy (non-hydrogen) atoms. The Kier molecular flexibility index (Phi) is 5.30. The molecule has 7 heteroatoms. The van der Waals surface area contributed by atoms with Gasteiger partial charge in [-0.3, -0.25) is 9.59 Å². The van der Waals surface area contributed by atoms with E-state index in [-0.39, 0.29) is 17.7 Å². The summed E-state index contributed by atoms with van der Waals surface area (Å²) in [6.45, 7) is -0.264. The van der Waals surface area contributed by atoms with Crippen LogP contribution in [0, 0.1) is 0 Å². The van der Waals surface area contributed by atoms with E-state index in [4.69, 9.17) is 10.5 Å². The Labute approximate surface area is 153 Å². The minimum absolute atomic E-state index is 0.0582. The molecule has 3 rings (SSSR count). The molecule has 5 nitrogen and oxygen atoms in total. The minimum Gasteiger partial charge on any atom is -0.484 e. The van der Waals surface area contributed by atoms with Crippen molar-refractivity contribution in [2.75, 3.05) is 11.9 Å². The van der Waals surface area contributed by atoms with Crippen LogP contribution < -0.4 is 15.8 Å². The van der Waals surface area contributed by atoms with Crippen molar-refractivity contribution in [3.8, 4) is 5.75 Å². The fourth-order valence-electron chi connectivity index (χ4n) is 2.71. The van der Waals surface area contributed by atoms with Crippen molar-refractivity contribution < 1.29 is 23.1 Å². The number of ether oxygens (including phenoxy) is 1. The number of hydrogen-bond acceptors (Lipinski definition) is 3. The van der Waals surface area contributed by atoms with Crippen molar-refractivity contribution >= 4 is 28.3 Å². The van der Waals surface area contributed by atoms with E-state index < -0.39 is 18.2 Å². The average Bonchev–Trinajstić information content (AvgIpc) is 2.66. The summed E-state index contributed by atoms with van der Waals surface area (Å²) < 4.78 is 32.0. The Morgan fingerprint density at radius 3 is 2.37 bits per heavy atom. The molecular weight excluding hydrogens is 354 g/mol. The highest BCUT2D eigenvalue weighted by Crippen LogP contribution is 2.30. The van der Waals surface area contributed by atoms with Gasteiger partial charge in [-0.15, -0.1) is 0 Å². The van der Waals surface area contributed by atoms with Crippen LogP contribution in [0.5, 0.6) is 5.75 Å². The smallest absolute Gasteiger partial charge is 0.264 e. The molecule has 3 N–H and O–H groups in total. The van der Waals surface area contributed by atoms with Gasteiger partial charge in [0, 0.05) is 11.3 Å². The molecule has 0 aliphatic heterocycles. The van der Waals surface area contributed by atoms with Crippen molar-refractivity contribution in [3.63, 3.8) is 0 Å². The molecule has 0 saturated heterocycles. The van der Waals surface area contributed by atoms with Crippen LogP contribution in [0.4, 0.5) is 14.5 Å². The van der Waals surface area contributed by atoms with E-state index in [1.165, 1.54) is 18.2 Å². The molecule has 2 amide bonds. The number of amides is 2. The van der Waals surface area contributed by atoms with E-state index in [9.17, 15) is 18.4 Å². The van der Waals surface area contributed by atoms with Crippen molar-refractivity contribution in [3.05, 3.63) is 71.8 Å². The number of nitrogens with two attached hydrogens (primary N) is 1. The van der Waals surface area contributed by atoms with Crippen LogP contribution in [0.15, 0.2) is 60.7 Å². The van der Waals surface area contributed by atoms with Crippen molar-refractivity contribution in [2.45, 2.75) is 6.43 Å². The van der Waals surface area contributed by atoms with Gasteiger partial charge in [0.2, 0.25) is 0 Å². The fraction of sp³-hybridized carbons (Fsp3) is 0.100. The Hall–Kier alpha value is -3.48. The average molecular weight is 370 g/mol. The van der Waals surface area contributed by atoms with Crippen molar-refractivity contribution in [2.24, 2.45) is 5.73 Å². The summed E-state index contributed by atoms with van der Waals surface area (Å²) in [5.74, 6) is -0.846. The lowest BCUT2D eigenvalue weighted by atomic mass is 9.98. The molecule has 0 aromatic heterocycles. The van der Waals surface area contributed by atoms with Crippen LogP contribution >= 0.6 is 0 Å². The summed E-state index contributed by atoms with van der Waals surface area (Å²) in [5.41, 5.74) is 5.02. The number of primary amides is 1. The monoisotopic (exact) mass is 370 g/mol. The van der Waals surface area contributed by atoms with E-state index in [0.717, 1.165) is 0 Å².